The van der Waals surface area contributed by atoms with Gasteiger partial charge < -0.3 is 5.32 Å². The van der Waals surface area contributed by atoms with E-state index in [4.69, 9.17) is 0 Å². The Morgan fingerprint density at radius 2 is 2.12 bits per heavy atom. The van der Waals surface area contributed by atoms with Crippen molar-refractivity contribution in [2.75, 3.05) is 7.05 Å². The Bertz CT molecular complexity index is 421. The van der Waals surface area contributed by atoms with Crippen LogP contribution in [0.1, 0.15) is 41.9 Å². The molecule has 0 radical (unpaired) electrons. The third-order valence-electron chi connectivity index (χ3n) is 3.70. The summed E-state index contributed by atoms with van der Waals surface area (Å²) in [7, 11) is 1.72. The highest BCUT2D eigenvalue weighted by atomic mass is 16.1. The first-order chi connectivity index (χ1) is 8.11. The molecular formula is C15H21NO. The molecule has 0 aliphatic heterocycles. The SMILES string of the molecule is CNC(=O)CC(c1ccc(C)cc1C)C1CC1. The molecule has 1 unspecified atom stereocenters. The molecule has 1 saturated carbocycles. The smallest absolute Gasteiger partial charge is 0.220 e. The van der Waals surface area contributed by atoms with Crippen LogP contribution in [0.15, 0.2) is 18.2 Å². The number of hydrogen-bond donors (Lipinski definition) is 1. The topological polar surface area (TPSA) is 29.1 Å². The summed E-state index contributed by atoms with van der Waals surface area (Å²) >= 11 is 0. The summed E-state index contributed by atoms with van der Waals surface area (Å²) in [5.41, 5.74) is 3.98. The molecule has 0 heterocycles. The monoisotopic (exact) mass is 231 g/mol. The van der Waals surface area contributed by atoms with Crippen molar-refractivity contribution >= 4 is 5.91 Å². The fourth-order valence-electron chi connectivity index (χ4n) is 2.57. The van der Waals surface area contributed by atoms with E-state index in [0.717, 1.165) is 0 Å². The zero-order chi connectivity index (χ0) is 12.4. The van der Waals surface area contributed by atoms with Crippen LogP contribution in [0, 0.1) is 19.8 Å². The summed E-state index contributed by atoms with van der Waals surface area (Å²) < 4.78 is 0. The maximum atomic E-state index is 11.6. The van der Waals surface area contributed by atoms with Gasteiger partial charge in [0.15, 0.2) is 0 Å². The maximum Gasteiger partial charge on any atom is 0.220 e. The predicted molar refractivity (Wildman–Crippen MR) is 70.1 cm³/mol. The van der Waals surface area contributed by atoms with E-state index in [1.165, 1.54) is 29.5 Å². The molecule has 1 aromatic rings. The second-order valence-electron chi connectivity index (χ2n) is 5.18. The number of rotatable bonds is 4. The zero-order valence-corrected chi connectivity index (χ0v) is 10.9. The quantitative estimate of drug-likeness (QED) is 0.848. The second kappa shape index (κ2) is 4.91. The standard InChI is InChI=1S/C15H21NO/c1-10-4-7-13(11(2)8-10)14(12-5-6-12)9-15(17)16-3/h4,7-8,12,14H,5-6,9H2,1-3H3,(H,16,17). The number of amides is 1. The van der Waals surface area contributed by atoms with Gasteiger partial charge in [0.2, 0.25) is 5.91 Å². The van der Waals surface area contributed by atoms with Crippen LogP contribution in [0.4, 0.5) is 0 Å². The van der Waals surface area contributed by atoms with Crippen molar-refractivity contribution in [1.29, 1.82) is 0 Å². The van der Waals surface area contributed by atoms with Gasteiger partial charge in [-0.25, -0.2) is 0 Å². The first-order valence-electron chi connectivity index (χ1n) is 6.39. The molecular weight excluding hydrogens is 210 g/mol. The third kappa shape index (κ3) is 2.87. The van der Waals surface area contributed by atoms with Crippen LogP contribution in [0.3, 0.4) is 0 Å². The van der Waals surface area contributed by atoms with E-state index in [2.05, 4.69) is 37.4 Å². The van der Waals surface area contributed by atoms with Gasteiger partial charge in [0, 0.05) is 13.5 Å². The molecule has 92 valence electrons. The Morgan fingerprint density at radius 1 is 1.41 bits per heavy atom. The Hall–Kier alpha value is -1.31. The fraction of sp³-hybridized carbons (Fsp3) is 0.533. The summed E-state index contributed by atoms with van der Waals surface area (Å²) in [6, 6.07) is 6.58. The number of carbonyl (C=O) groups is 1. The van der Waals surface area contributed by atoms with Gasteiger partial charge in [-0.15, -0.1) is 0 Å². The first-order valence-corrected chi connectivity index (χ1v) is 6.39. The van der Waals surface area contributed by atoms with Crippen molar-refractivity contribution < 1.29 is 4.79 Å². The number of hydrogen-bond acceptors (Lipinski definition) is 1. The largest absolute Gasteiger partial charge is 0.359 e. The first kappa shape index (κ1) is 12.2. The van der Waals surface area contributed by atoms with Gasteiger partial charge in [-0.3, -0.25) is 4.79 Å². The second-order valence-corrected chi connectivity index (χ2v) is 5.18. The minimum absolute atomic E-state index is 0.155. The lowest BCUT2D eigenvalue weighted by Gasteiger charge is -2.18. The molecule has 1 fully saturated rings. The number of nitrogens with one attached hydrogen (secondary N) is 1. The predicted octanol–water partition coefficient (Wildman–Crippen LogP) is 2.93. The molecule has 1 N–H and O–H groups in total. The molecule has 1 aliphatic carbocycles. The summed E-state index contributed by atoms with van der Waals surface area (Å²) in [6.07, 6.45) is 3.18. The van der Waals surface area contributed by atoms with Gasteiger partial charge in [0.25, 0.3) is 0 Å². The normalized spacial score (nSPS) is 16.6. The highest BCUT2D eigenvalue weighted by molar-refractivity contribution is 5.76. The van der Waals surface area contributed by atoms with Crippen LogP contribution in [0.5, 0.6) is 0 Å². The van der Waals surface area contributed by atoms with Crippen molar-refractivity contribution in [2.24, 2.45) is 5.92 Å². The lowest BCUT2D eigenvalue weighted by atomic mass is 9.87. The average Bonchev–Trinajstić information content (AvgIpc) is 3.10. The van der Waals surface area contributed by atoms with Gasteiger partial charge in [0.05, 0.1) is 0 Å². The highest BCUT2D eigenvalue weighted by Gasteiger charge is 2.34. The number of aryl methyl sites for hydroxylation is 2. The molecule has 2 heteroatoms. The van der Waals surface area contributed by atoms with Crippen molar-refractivity contribution in [2.45, 2.75) is 39.0 Å². The van der Waals surface area contributed by atoms with Gasteiger partial charge in [-0.05, 0) is 49.7 Å². The van der Waals surface area contributed by atoms with Crippen molar-refractivity contribution in [3.63, 3.8) is 0 Å². The molecule has 1 aliphatic rings. The van der Waals surface area contributed by atoms with Gasteiger partial charge in [0.1, 0.15) is 0 Å². The molecule has 1 amide bonds. The van der Waals surface area contributed by atoms with Crippen molar-refractivity contribution in [3.8, 4) is 0 Å². The lowest BCUT2D eigenvalue weighted by molar-refractivity contribution is -0.121. The van der Waals surface area contributed by atoms with Crippen LogP contribution in [0.25, 0.3) is 0 Å². The number of benzene rings is 1. The molecule has 0 spiro atoms. The minimum atomic E-state index is 0.155. The Kier molecular flexibility index (Phi) is 3.51. The highest BCUT2D eigenvalue weighted by Crippen LogP contribution is 2.45. The van der Waals surface area contributed by atoms with Crippen LogP contribution in [0.2, 0.25) is 0 Å². The van der Waals surface area contributed by atoms with Gasteiger partial charge in [-0.1, -0.05) is 23.8 Å². The Balaban J connectivity index is 2.22. The molecule has 17 heavy (non-hydrogen) atoms. The third-order valence-corrected chi connectivity index (χ3v) is 3.70. The van der Waals surface area contributed by atoms with Gasteiger partial charge >= 0.3 is 0 Å². The van der Waals surface area contributed by atoms with E-state index >= 15 is 0 Å². The summed E-state index contributed by atoms with van der Waals surface area (Å²) in [5, 5.41) is 2.74. The van der Waals surface area contributed by atoms with Crippen LogP contribution < -0.4 is 5.32 Å². The summed E-state index contributed by atoms with van der Waals surface area (Å²) in [5.74, 6) is 1.28. The van der Waals surface area contributed by atoms with E-state index in [9.17, 15) is 4.79 Å². The van der Waals surface area contributed by atoms with Crippen LogP contribution in [-0.2, 0) is 4.79 Å². The van der Waals surface area contributed by atoms with E-state index in [1.54, 1.807) is 7.05 Å². The van der Waals surface area contributed by atoms with E-state index in [0.29, 0.717) is 18.3 Å². The summed E-state index contributed by atoms with van der Waals surface area (Å²) in [6.45, 7) is 4.27. The average molecular weight is 231 g/mol. The zero-order valence-electron chi connectivity index (χ0n) is 10.9. The van der Waals surface area contributed by atoms with Gasteiger partial charge in [-0.2, -0.15) is 0 Å². The lowest BCUT2D eigenvalue weighted by Crippen LogP contribution is -2.21. The Morgan fingerprint density at radius 3 is 2.65 bits per heavy atom. The molecule has 1 aromatic carbocycles. The molecule has 0 aromatic heterocycles. The van der Waals surface area contributed by atoms with E-state index < -0.39 is 0 Å². The molecule has 2 nitrogen and oxygen atoms in total. The van der Waals surface area contributed by atoms with E-state index in [-0.39, 0.29) is 5.91 Å². The van der Waals surface area contributed by atoms with Crippen LogP contribution in [-0.4, -0.2) is 13.0 Å². The summed E-state index contributed by atoms with van der Waals surface area (Å²) in [4.78, 5) is 11.6. The Labute approximate surface area is 103 Å². The van der Waals surface area contributed by atoms with Crippen LogP contribution >= 0.6 is 0 Å². The maximum absolute atomic E-state index is 11.6. The van der Waals surface area contributed by atoms with E-state index in [1.807, 2.05) is 0 Å². The molecule has 1 atom stereocenters. The number of carbonyl (C=O) groups excluding carboxylic acids is 1. The minimum Gasteiger partial charge on any atom is -0.359 e. The fourth-order valence-corrected chi connectivity index (χ4v) is 2.57. The van der Waals surface area contributed by atoms with Crippen molar-refractivity contribution in [1.82, 2.24) is 5.32 Å². The van der Waals surface area contributed by atoms with Crippen molar-refractivity contribution in [3.05, 3.63) is 34.9 Å². The molecule has 0 bridgehead atoms. The molecule has 0 saturated heterocycles. The molecule has 2 rings (SSSR count).